The molecule has 0 aliphatic heterocycles. The van der Waals surface area contributed by atoms with E-state index in [4.69, 9.17) is 4.74 Å². The minimum Gasteiger partial charge on any atom is -0.466 e. The number of likely N-dealkylation sites (N-methyl/N-ethyl adjacent to an activating group) is 1. The quantitative estimate of drug-likeness (QED) is 0.390. The van der Waals surface area contributed by atoms with Crippen LogP contribution in [0.1, 0.15) is 80.8 Å². The van der Waals surface area contributed by atoms with Gasteiger partial charge in [0.1, 0.15) is 5.82 Å². The van der Waals surface area contributed by atoms with Crippen molar-refractivity contribution in [3.63, 3.8) is 0 Å². The molecule has 2 atom stereocenters. The predicted octanol–water partition coefficient (Wildman–Crippen LogP) is 5.73. The molecule has 196 valence electrons. The van der Waals surface area contributed by atoms with Gasteiger partial charge in [0, 0.05) is 0 Å². The lowest BCUT2D eigenvalue weighted by Gasteiger charge is -2.26. The highest BCUT2D eigenvalue weighted by Gasteiger charge is 2.27. The van der Waals surface area contributed by atoms with Crippen molar-refractivity contribution in [2.24, 2.45) is 5.92 Å². The molecule has 0 bridgehead atoms. The number of hydrogen-bond acceptors (Lipinski definition) is 4. The minimum atomic E-state index is -0.518. The number of esters is 1. The second kappa shape index (κ2) is 12.5. The van der Waals surface area contributed by atoms with Crippen molar-refractivity contribution in [2.45, 2.75) is 85.7 Å². The molecule has 0 saturated heterocycles. The first kappa shape index (κ1) is 27.9. The number of carbonyl (C=O) groups excluding carboxylic acids is 2. The Morgan fingerprint density at radius 3 is 2.36 bits per heavy atom. The van der Waals surface area contributed by atoms with Crippen molar-refractivity contribution in [2.75, 3.05) is 13.2 Å². The summed E-state index contributed by atoms with van der Waals surface area (Å²) in [5.74, 6) is -0.355. The van der Waals surface area contributed by atoms with Crippen LogP contribution in [0, 0.1) is 25.6 Å². The van der Waals surface area contributed by atoms with Gasteiger partial charge in [0.25, 0.3) is 0 Å². The number of rotatable bonds is 11. The van der Waals surface area contributed by atoms with E-state index in [0.717, 1.165) is 47.1 Å². The highest BCUT2D eigenvalue weighted by atomic mass is 19.1. The van der Waals surface area contributed by atoms with Gasteiger partial charge < -0.3 is 15.4 Å². The van der Waals surface area contributed by atoms with Crippen molar-refractivity contribution in [3.05, 3.63) is 57.9 Å². The van der Waals surface area contributed by atoms with Crippen LogP contribution in [0.15, 0.2) is 24.3 Å². The van der Waals surface area contributed by atoms with Gasteiger partial charge in [-0.1, -0.05) is 26.8 Å². The minimum absolute atomic E-state index is 0.0553. The summed E-state index contributed by atoms with van der Waals surface area (Å²) in [6.45, 7) is 12.8. The smallest absolute Gasteiger partial charge is 0.308 e. The largest absolute Gasteiger partial charge is 0.466 e. The number of benzene rings is 2. The molecule has 0 radical (unpaired) electrons. The van der Waals surface area contributed by atoms with Gasteiger partial charge in [0.15, 0.2) is 0 Å². The summed E-state index contributed by atoms with van der Waals surface area (Å²) in [7, 11) is 0. The van der Waals surface area contributed by atoms with Crippen LogP contribution in [-0.4, -0.2) is 31.1 Å². The van der Waals surface area contributed by atoms with E-state index in [1.807, 2.05) is 20.8 Å². The zero-order valence-electron chi connectivity index (χ0n) is 22.6. The monoisotopic (exact) mass is 496 g/mol. The Morgan fingerprint density at radius 1 is 1.06 bits per heavy atom. The number of aryl methyl sites for hydroxylation is 3. The Balaban J connectivity index is 2.06. The number of fused-ring (bicyclic) bond motifs is 1. The Labute approximate surface area is 215 Å². The van der Waals surface area contributed by atoms with Gasteiger partial charge in [0.05, 0.1) is 25.1 Å². The molecule has 2 N–H and O–H groups in total. The molecule has 0 saturated carbocycles. The normalized spacial score (nSPS) is 14.4. The molecule has 0 fully saturated rings. The summed E-state index contributed by atoms with van der Waals surface area (Å²) in [5.41, 5.74) is 7.27. The molecule has 0 spiro atoms. The molecule has 1 aliphatic carbocycles. The van der Waals surface area contributed by atoms with Crippen LogP contribution >= 0.6 is 0 Å². The number of ether oxygens (including phenoxy) is 1. The van der Waals surface area contributed by atoms with E-state index < -0.39 is 6.04 Å². The van der Waals surface area contributed by atoms with Crippen LogP contribution < -0.4 is 10.6 Å². The molecule has 2 unspecified atom stereocenters. The molecular weight excluding hydrogens is 455 g/mol. The van der Waals surface area contributed by atoms with Crippen molar-refractivity contribution >= 4 is 11.9 Å². The number of carbonyl (C=O) groups is 2. The highest BCUT2D eigenvalue weighted by molar-refractivity contribution is 5.83. The number of halogens is 1. The van der Waals surface area contributed by atoms with E-state index in [2.05, 4.69) is 36.6 Å². The van der Waals surface area contributed by atoms with Gasteiger partial charge in [0.2, 0.25) is 5.91 Å². The molecule has 36 heavy (non-hydrogen) atoms. The Kier molecular flexibility index (Phi) is 9.66. The van der Waals surface area contributed by atoms with Gasteiger partial charge in [-0.25, -0.2) is 4.39 Å². The fourth-order valence-electron chi connectivity index (χ4n) is 5.40. The summed E-state index contributed by atoms with van der Waals surface area (Å²) in [6, 6.07) is 6.51. The number of hydrogen-bond donors (Lipinski definition) is 2. The van der Waals surface area contributed by atoms with Gasteiger partial charge >= 0.3 is 5.97 Å². The van der Waals surface area contributed by atoms with Crippen LogP contribution in [0.5, 0.6) is 0 Å². The standard InChI is InChI=1S/C30H41FN2O3/c1-7-32-27(12-18(3)4)30(35)33-26(17-28(34)36-8-2)22-15-21-10-9-11-24(21)25(16-22)29-19(5)13-23(31)14-20(29)6/h13-16,18,26-27,32H,7-12,17H2,1-6H3,(H,33,35). The molecular formula is C30H41FN2O3. The molecule has 2 aromatic carbocycles. The molecule has 1 aliphatic rings. The van der Waals surface area contributed by atoms with E-state index in [1.54, 1.807) is 19.1 Å². The first-order valence-electron chi connectivity index (χ1n) is 13.3. The summed E-state index contributed by atoms with van der Waals surface area (Å²) >= 11 is 0. The topological polar surface area (TPSA) is 67.4 Å². The van der Waals surface area contributed by atoms with E-state index in [1.165, 1.54) is 11.1 Å². The average molecular weight is 497 g/mol. The van der Waals surface area contributed by atoms with Crippen molar-refractivity contribution in [1.29, 1.82) is 0 Å². The first-order valence-corrected chi connectivity index (χ1v) is 13.3. The maximum atomic E-state index is 14.1. The van der Waals surface area contributed by atoms with Gasteiger partial charge in [-0.15, -0.1) is 0 Å². The van der Waals surface area contributed by atoms with Crippen LogP contribution in [0.25, 0.3) is 11.1 Å². The van der Waals surface area contributed by atoms with E-state index >= 15 is 0 Å². The molecule has 2 aromatic rings. The van der Waals surface area contributed by atoms with E-state index in [0.29, 0.717) is 18.9 Å². The maximum absolute atomic E-state index is 14.1. The second-order valence-corrected chi connectivity index (χ2v) is 10.3. The molecule has 3 rings (SSSR count). The fraction of sp³-hybridized carbons (Fsp3) is 0.533. The van der Waals surface area contributed by atoms with Crippen LogP contribution in [0.3, 0.4) is 0 Å². The van der Waals surface area contributed by atoms with Crippen LogP contribution in [0.2, 0.25) is 0 Å². The zero-order valence-corrected chi connectivity index (χ0v) is 22.6. The lowest BCUT2D eigenvalue weighted by Crippen LogP contribution is -2.46. The molecule has 6 heteroatoms. The molecule has 1 amide bonds. The summed E-state index contributed by atoms with van der Waals surface area (Å²) in [5, 5.41) is 6.44. The lowest BCUT2D eigenvalue weighted by molar-refractivity contribution is -0.143. The van der Waals surface area contributed by atoms with Crippen molar-refractivity contribution in [3.8, 4) is 11.1 Å². The molecule has 0 heterocycles. The number of amides is 1. The third-order valence-corrected chi connectivity index (χ3v) is 6.87. The SMILES string of the molecule is CCNC(CC(C)C)C(=O)NC(CC(=O)OCC)c1cc2c(c(-c3c(C)cc(F)cc3C)c1)CCC2. The van der Waals surface area contributed by atoms with E-state index in [-0.39, 0.29) is 36.8 Å². The van der Waals surface area contributed by atoms with Crippen molar-refractivity contribution < 1.29 is 18.7 Å². The Hall–Kier alpha value is -2.73. The maximum Gasteiger partial charge on any atom is 0.308 e. The molecule has 5 nitrogen and oxygen atoms in total. The second-order valence-electron chi connectivity index (χ2n) is 10.3. The Morgan fingerprint density at radius 2 is 1.75 bits per heavy atom. The van der Waals surface area contributed by atoms with Gasteiger partial charge in [-0.2, -0.15) is 0 Å². The summed E-state index contributed by atoms with van der Waals surface area (Å²) in [6.07, 6.45) is 3.72. The lowest BCUT2D eigenvalue weighted by atomic mass is 9.87. The summed E-state index contributed by atoms with van der Waals surface area (Å²) < 4.78 is 19.3. The summed E-state index contributed by atoms with van der Waals surface area (Å²) in [4.78, 5) is 25.9. The first-order chi connectivity index (χ1) is 17.1. The van der Waals surface area contributed by atoms with Gasteiger partial charge in [-0.05, 0) is 116 Å². The fourth-order valence-corrected chi connectivity index (χ4v) is 5.40. The third-order valence-electron chi connectivity index (χ3n) is 6.87. The molecule has 0 aromatic heterocycles. The number of nitrogens with one attached hydrogen (secondary N) is 2. The zero-order chi connectivity index (χ0) is 26.4. The van der Waals surface area contributed by atoms with Crippen molar-refractivity contribution in [1.82, 2.24) is 10.6 Å². The third kappa shape index (κ3) is 6.73. The van der Waals surface area contributed by atoms with Gasteiger partial charge in [-0.3, -0.25) is 9.59 Å². The Bertz CT molecular complexity index is 1070. The average Bonchev–Trinajstić information content (AvgIpc) is 3.26. The van der Waals surface area contributed by atoms with E-state index in [9.17, 15) is 14.0 Å². The predicted molar refractivity (Wildman–Crippen MR) is 142 cm³/mol. The van der Waals surface area contributed by atoms with Crippen LogP contribution in [-0.2, 0) is 27.2 Å². The highest BCUT2D eigenvalue weighted by Crippen LogP contribution is 2.39. The van der Waals surface area contributed by atoms with Crippen LogP contribution in [0.4, 0.5) is 4.39 Å².